The van der Waals surface area contributed by atoms with Gasteiger partial charge in [-0.25, -0.2) is 0 Å². The minimum absolute atomic E-state index is 0.113. The molecule has 0 atom stereocenters. The standard InChI is InChI=1S/C12H16ClNO4/c1-17-5-4-14-12(16)8-18-11-3-2-10(13)6-9(11)7-15/h2-3,6,15H,4-5,7-8H2,1H3,(H,14,16). The van der Waals surface area contributed by atoms with Crippen LogP contribution >= 0.6 is 11.6 Å². The predicted molar refractivity (Wildman–Crippen MR) is 67.8 cm³/mol. The lowest BCUT2D eigenvalue weighted by Gasteiger charge is -2.10. The third-order valence-corrected chi connectivity index (χ3v) is 2.42. The number of methoxy groups -OCH3 is 1. The van der Waals surface area contributed by atoms with E-state index in [4.69, 9.17) is 26.2 Å². The van der Waals surface area contributed by atoms with Crippen molar-refractivity contribution in [1.29, 1.82) is 0 Å². The molecule has 1 aromatic rings. The van der Waals surface area contributed by atoms with Crippen LogP contribution < -0.4 is 10.1 Å². The maximum atomic E-state index is 11.4. The third kappa shape index (κ3) is 4.91. The predicted octanol–water partition coefficient (Wildman–Crippen LogP) is 0.974. The Morgan fingerprint density at radius 2 is 2.28 bits per heavy atom. The van der Waals surface area contributed by atoms with Crippen LogP contribution in [0.25, 0.3) is 0 Å². The van der Waals surface area contributed by atoms with Crippen LogP contribution in [0.3, 0.4) is 0 Å². The second kappa shape index (κ2) is 7.92. The zero-order valence-electron chi connectivity index (χ0n) is 10.1. The van der Waals surface area contributed by atoms with E-state index < -0.39 is 0 Å². The monoisotopic (exact) mass is 273 g/mol. The minimum atomic E-state index is -0.245. The Labute approximate surface area is 111 Å². The summed E-state index contributed by atoms with van der Waals surface area (Å²) < 4.78 is 10.1. The van der Waals surface area contributed by atoms with E-state index in [0.29, 0.717) is 29.5 Å². The fourth-order valence-electron chi connectivity index (χ4n) is 1.30. The average Bonchev–Trinajstić information content (AvgIpc) is 2.37. The summed E-state index contributed by atoms with van der Waals surface area (Å²) in [6.07, 6.45) is 0. The molecule has 0 aliphatic rings. The van der Waals surface area contributed by atoms with E-state index >= 15 is 0 Å². The van der Waals surface area contributed by atoms with E-state index in [1.165, 1.54) is 0 Å². The Kier molecular flexibility index (Phi) is 6.49. The van der Waals surface area contributed by atoms with E-state index in [9.17, 15) is 4.79 Å². The molecular weight excluding hydrogens is 258 g/mol. The summed E-state index contributed by atoms with van der Waals surface area (Å²) in [6, 6.07) is 4.86. The summed E-state index contributed by atoms with van der Waals surface area (Å²) >= 11 is 5.78. The number of hydrogen-bond acceptors (Lipinski definition) is 4. The number of amides is 1. The Morgan fingerprint density at radius 3 is 2.94 bits per heavy atom. The van der Waals surface area contributed by atoms with E-state index in [2.05, 4.69) is 5.32 Å². The molecule has 2 N–H and O–H groups in total. The van der Waals surface area contributed by atoms with Crippen molar-refractivity contribution in [2.75, 3.05) is 26.9 Å². The number of carbonyl (C=O) groups is 1. The summed E-state index contributed by atoms with van der Waals surface area (Å²) in [5.41, 5.74) is 0.548. The van der Waals surface area contributed by atoms with Gasteiger partial charge < -0.3 is 19.9 Å². The summed E-state index contributed by atoms with van der Waals surface area (Å²) in [7, 11) is 1.56. The number of aliphatic hydroxyl groups is 1. The first kappa shape index (κ1) is 14.8. The van der Waals surface area contributed by atoms with Crippen molar-refractivity contribution in [2.24, 2.45) is 0 Å². The Balaban J connectivity index is 2.45. The highest BCUT2D eigenvalue weighted by Gasteiger charge is 2.06. The van der Waals surface area contributed by atoms with Gasteiger partial charge in [-0.2, -0.15) is 0 Å². The summed E-state index contributed by atoms with van der Waals surface area (Å²) in [5.74, 6) is 0.203. The van der Waals surface area contributed by atoms with Gasteiger partial charge in [-0.1, -0.05) is 11.6 Å². The molecular formula is C12H16ClNO4. The van der Waals surface area contributed by atoms with Crippen LogP contribution in [0.15, 0.2) is 18.2 Å². The molecule has 0 aliphatic heterocycles. The molecule has 0 aliphatic carbocycles. The highest BCUT2D eigenvalue weighted by atomic mass is 35.5. The Morgan fingerprint density at radius 1 is 1.50 bits per heavy atom. The molecule has 1 aromatic carbocycles. The molecule has 5 nitrogen and oxygen atoms in total. The summed E-state index contributed by atoms with van der Waals surface area (Å²) in [6.45, 7) is 0.584. The molecule has 0 heterocycles. The number of rotatable bonds is 7. The van der Waals surface area contributed by atoms with Crippen molar-refractivity contribution in [1.82, 2.24) is 5.32 Å². The van der Waals surface area contributed by atoms with E-state index in [-0.39, 0.29) is 19.1 Å². The highest BCUT2D eigenvalue weighted by Crippen LogP contribution is 2.22. The van der Waals surface area contributed by atoms with E-state index in [1.807, 2.05) is 0 Å². The maximum Gasteiger partial charge on any atom is 0.258 e. The summed E-state index contributed by atoms with van der Waals surface area (Å²) in [4.78, 5) is 11.4. The molecule has 1 amide bonds. The van der Waals surface area contributed by atoms with Crippen molar-refractivity contribution < 1.29 is 19.4 Å². The van der Waals surface area contributed by atoms with Crippen LogP contribution in [0.5, 0.6) is 5.75 Å². The van der Waals surface area contributed by atoms with Crippen LogP contribution in [-0.4, -0.2) is 37.9 Å². The fraction of sp³-hybridized carbons (Fsp3) is 0.417. The van der Waals surface area contributed by atoms with Crippen molar-refractivity contribution >= 4 is 17.5 Å². The van der Waals surface area contributed by atoms with Crippen molar-refractivity contribution in [3.63, 3.8) is 0 Å². The van der Waals surface area contributed by atoms with Gasteiger partial charge in [0.15, 0.2) is 6.61 Å². The molecule has 0 saturated heterocycles. The number of ether oxygens (including phenoxy) is 2. The molecule has 0 radical (unpaired) electrons. The van der Waals surface area contributed by atoms with Gasteiger partial charge >= 0.3 is 0 Å². The first-order chi connectivity index (χ1) is 8.67. The lowest BCUT2D eigenvalue weighted by Crippen LogP contribution is -2.31. The fourth-order valence-corrected chi connectivity index (χ4v) is 1.49. The molecule has 0 bridgehead atoms. The zero-order chi connectivity index (χ0) is 13.4. The van der Waals surface area contributed by atoms with Gasteiger partial charge in [-0.3, -0.25) is 4.79 Å². The number of aliphatic hydroxyl groups excluding tert-OH is 1. The highest BCUT2D eigenvalue weighted by molar-refractivity contribution is 6.30. The van der Waals surface area contributed by atoms with Crippen LogP contribution in [-0.2, 0) is 16.1 Å². The van der Waals surface area contributed by atoms with Gasteiger partial charge in [0.1, 0.15) is 5.75 Å². The SMILES string of the molecule is COCCNC(=O)COc1ccc(Cl)cc1CO. The van der Waals surface area contributed by atoms with Crippen molar-refractivity contribution in [2.45, 2.75) is 6.61 Å². The third-order valence-electron chi connectivity index (χ3n) is 2.18. The number of halogens is 1. The first-order valence-corrected chi connectivity index (χ1v) is 5.83. The number of carbonyl (C=O) groups excluding carboxylic acids is 1. The molecule has 1 rings (SSSR count). The van der Waals surface area contributed by atoms with Crippen molar-refractivity contribution in [3.8, 4) is 5.75 Å². The molecule has 0 fully saturated rings. The minimum Gasteiger partial charge on any atom is -0.483 e. The van der Waals surface area contributed by atoms with Gasteiger partial charge in [-0.05, 0) is 18.2 Å². The number of nitrogens with one attached hydrogen (secondary N) is 1. The molecule has 0 spiro atoms. The van der Waals surface area contributed by atoms with Crippen LogP contribution in [0, 0.1) is 0 Å². The van der Waals surface area contributed by atoms with E-state index in [1.54, 1.807) is 25.3 Å². The van der Waals surface area contributed by atoms with Gasteiger partial charge in [0, 0.05) is 24.2 Å². The second-order valence-electron chi connectivity index (χ2n) is 3.54. The Bertz CT molecular complexity index is 398. The van der Waals surface area contributed by atoms with Crippen LogP contribution in [0.1, 0.15) is 5.56 Å². The molecule has 100 valence electrons. The maximum absolute atomic E-state index is 11.4. The van der Waals surface area contributed by atoms with E-state index in [0.717, 1.165) is 0 Å². The quantitative estimate of drug-likeness (QED) is 0.727. The zero-order valence-corrected chi connectivity index (χ0v) is 10.9. The second-order valence-corrected chi connectivity index (χ2v) is 3.98. The lowest BCUT2D eigenvalue weighted by molar-refractivity contribution is -0.123. The molecule has 6 heteroatoms. The normalized spacial score (nSPS) is 10.2. The molecule has 0 aromatic heterocycles. The molecule has 0 unspecified atom stereocenters. The molecule has 0 saturated carbocycles. The largest absolute Gasteiger partial charge is 0.483 e. The number of benzene rings is 1. The number of hydrogen-bond donors (Lipinski definition) is 2. The first-order valence-electron chi connectivity index (χ1n) is 5.45. The lowest BCUT2D eigenvalue weighted by atomic mass is 10.2. The van der Waals surface area contributed by atoms with Gasteiger partial charge in [0.25, 0.3) is 5.91 Å². The smallest absolute Gasteiger partial charge is 0.258 e. The van der Waals surface area contributed by atoms with Gasteiger partial charge in [-0.15, -0.1) is 0 Å². The molecule has 18 heavy (non-hydrogen) atoms. The van der Waals surface area contributed by atoms with Crippen molar-refractivity contribution in [3.05, 3.63) is 28.8 Å². The van der Waals surface area contributed by atoms with Crippen LogP contribution in [0.4, 0.5) is 0 Å². The van der Waals surface area contributed by atoms with Gasteiger partial charge in [0.05, 0.1) is 13.2 Å². The van der Waals surface area contributed by atoms with Gasteiger partial charge in [0.2, 0.25) is 0 Å². The average molecular weight is 274 g/mol. The van der Waals surface area contributed by atoms with Crippen LogP contribution in [0.2, 0.25) is 5.02 Å². The summed E-state index contributed by atoms with van der Waals surface area (Å²) in [5, 5.41) is 12.3. The Hall–Kier alpha value is -1.30. The topological polar surface area (TPSA) is 67.8 Å².